The molecule has 6 heteroatoms. The largest absolute Gasteiger partial charge is 0.353 e. The van der Waals surface area contributed by atoms with Crippen molar-refractivity contribution in [3.63, 3.8) is 0 Å². The summed E-state index contributed by atoms with van der Waals surface area (Å²) in [6.45, 7) is 1.66. The predicted molar refractivity (Wildman–Crippen MR) is 102 cm³/mol. The molecule has 1 aliphatic rings. The van der Waals surface area contributed by atoms with Crippen LogP contribution in [-0.2, 0) is 16.0 Å². The first kappa shape index (κ1) is 19.2. The minimum atomic E-state index is -0.144. The molecule has 1 atom stereocenters. The molecule has 3 rings (SSSR count). The topological polar surface area (TPSA) is 70.2 Å². The average Bonchev–Trinajstić information content (AvgIpc) is 3.12. The summed E-state index contributed by atoms with van der Waals surface area (Å²) in [6, 6.07) is 14.3. The Morgan fingerprint density at radius 3 is 2.64 bits per heavy atom. The van der Waals surface area contributed by atoms with Crippen LogP contribution in [0.25, 0.3) is 10.8 Å². The van der Waals surface area contributed by atoms with Crippen molar-refractivity contribution < 1.29 is 9.59 Å². The molecule has 0 radical (unpaired) electrons. The second-order valence-electron chi connectivity index (χ2n) is 6.19. The summed E-state index contributed by atoms with van der Waals surface area (Å²) in [5.41, 5.74) is 0.973. The lowest BCUT2D eigenvalue weighted by molar-refractivity contribution is -0.125. The SMILES string of the molecule is Cl.O=C(CNC(=O)Cc1cccc2ccccc12)NCC1CCCN1. The second-order valence-corrected chi connectivity index (χ2v) is 6.19. The number of halogens is 1. The molecule has 0 aromatic heterocycles. The van der Waals surface area contributed by atoms with Crippen LogP contribution in [-0.4, -0.2) is 37.5 Å². The number of nitrogens with one attached hydrogen (secondary N) is 3. The van der Waals surface area contributed by atoms with Gasteiger partial charge in [0, 0.05) is 12.6 Å². The van der Waals surface area contributed by atoms with Gasteiger partial charge in [-0.3, -0.25) is 9.59 Å². The van der Waals surface area contributed by atoms with Gasteiger partial charge in [0.05, 0.1) is 13.0 Å². The number of rotatable bonds is 6. The summed E-state index contributed by atoms with van der Waals surface area (Å²) in [4.78, 5) is 23.9. The van der Waals surface area contributed by atoms with Gasteiger partial charge in [-0.05, 0) is 35.7 Å². The Balaban J connectivity index is 0.00000225. The Morgan fingerprint density at radius 2 is 1.84 bits per heavy atom. The molecular weight excluding hydrogens is 338 g/mol. The van der Waals surface area contributed by atoms with Gasteiger partial charge in [-0.25, -0.2) is 0 Å². The van der Waals surface area contributed by atoms with Crippen LogP contribution in [0.4, 0.5) is 0 Å². The number of carbonyl (C=O) groups excluding carboxylic acids is 2. The fourth-order valence-corrected chi connectivity index (χ4v) is 3.09. The van der Waals surface area contributed by atoms with Crippen LogP contribution in [0.5, 0.6) is 0 Å². The van der Waals surface area contributed by atoms with Gasteiger partial charge in [-0.15, -0.1) is 12.4 Å². The van der Waals surface area contributed by atoms with E-state index in [1.807, 2.05) is 42.5 Å². The molecule has 2 amide bonds. The summed E-state index contributed by atoms with van der Waals surface area (Å²) >= 11 is 0. The molecule has 134 valence electrons. The summed E-state index contributed by atoms with van der Waals surface area (Å²) in [6.07, 6.45) is 2.52. The first-order valence-corrected chi connectivity index (χ1v) is 8.46. The molecule has 0 bridgehead atoms. The summed E-state index contributed by atoms with van der Waals surface area (Å²) < 4.78 is 0. The van der Waals surface area contributed by atoms with E-state index in [1.165, 1.54) is 0 Å². The molecule has 1 fully saturated rings. The minimum absolute atomic E-state index is 0. The van der Waals surface area contributed by atoms with Crippen LogP contribution in [0, 0.1) is 0 Å². The second kappa shape index (κ2) is 9.39. The van der Waals surface area contributed by atoms with Crippen molar-refractivity contribution in [1.82, 2.24) is 16.0 Å². The van der Waals surface area contributed by atoms with Crippen LogP contribution in [0.2, 0.25) is 0 Å². The van der Waals surface area contributed by atoms with Gasteiger partial charge in [-0.2, -0.15) is 0 Å². The molecule has 1 heterocycles. The zero-order valence-corrected chi connectivity index (χ0v) is 14.9. The number of hydrogen-bond acceptors (Lipinski definition) is 3. The molecule has 1 saturated heterocycles. The van der Waals surface area contributed by atoms with Crippen LogP contribution < -0.4 is 16.0 Å². The van der Waals surface area contributed by atoms with Crippen molar-refractivity contribution >= 4 is 35.0 Å². The Labute approximate surface area is 154 Å². The molecule has 0 aliphatic carbocycles. The zero-order valence-electron chi connectivity index (χ0n) is 14.1. The summed E-state index contributed by atoms with van der Waals surface area (Å²) in [5.74, 6) is -0.282. The normalized spacial score (nSPS) is 16.2. The smallest absolute Gasteiger partial charge is 0.239 e. The maximum Gasteiger partial charge on any atom is 0.239 e. The highest BCUT2D eigenvalue weighted by Gasteiger charge is 2.15. The number of fused-ring (bicyclic) bond motifs is 1. The minimum Gasteiger partial charge on any atom is -0.353 e. The van der Waals surface area contributed by atoms with E-state index in [4.69, 9.17) is 0 Å². The summed E-state index contributed by atoms with van der Waals surface area (Å²) in [5, 5.41) is 11.1. The number of carbonyl (C=O) groups is 2. The van der Waals surface area contributed by atoms with Gasteiger partial charge >= 0.3 is 0 Å². The van der Waals surface area contributed by atoms with Gasteiger partial charge < -0.3 is 16.0 Å². The third kappa shape index (κ3) is 5.44. The molecule has 5 nitrogen and oxygen atoms in total. The maximum absolute atomic E-state index is 12.1. The highest BCUT2D eigenvalue weighted by Crippen LogP contribution is 2.18. The highest BCUT2D eigenvalue weighted by atomic mass is 35.5. The van der Waals surface area contributed by atoms with Crippen molar-refractivity contribution in [3.05, 3.63) is 48.0 Å². The lowest BCUT2D eigenvalue weighted by atomic mass is 10.0. The van der Waals surface area contributed by atoms with Gasteiger partial charge in [0.1, 0.15) is 0 Å². The number of hydrogen-bond donors (Lipinski definition) is 3. The number of amides is 2. The van der Waals surface area contributed by atoms with E-state index in [9.17, 15) is 9.59 Å². The molecule has 0 spiro atoms. The van der Waals surface area contributed by atoms with Crippen molar-refractivity contribution in [2.75, 3.05) is 19.6 Å². The van der Waals surface area contributed by atoms with E-state index >= 15 is 0 Å². The van der Waals surface area contributed by atoms with E-state index in [-0.39, 0.29) is 37.2 Å². The molecular formula is C19H24ClN3O2. The monoisotopic (exact) mass is 361 g/mol. The van der Waals surface area contributed by atoms with Gasteiger partial charge in [0.15, 0.2) is 0 Å². The van der Waals surface area contributed by atoms with Crippen molar-refractivity contribution in [1.29, 1.82) is 0 Å². The van der Waals surface area contributed by atoms with Gasteiger partial charge in [-0.1, -0.05) is 42.5 Å². The molecule has 3 N–H and O–H groups in total. The Kier molecular flexibility index (Phi) is 7.22. The van der Waals surface area contributed by atoms with E-state index in [2.05, 4.69) is 16.0 Å². The Morgan fingerprint density at radius 1 is 1.04 bits per heavy atom. The number of benzene rings is 2. The fourth-order valence-electron chi connectivity index (χ4n) is 3.09. The first-order valence-electron chi connectivity index (χ1n) is 8.46. The first-order chi connectivity index (χ1) is 11.7. The molecule has 1 aliphatic heterocycles. The predicted octanol–water partition coefficient (Wildman–Crippen LogP) is 1.79. The molecule has 1 unspecified atom stereocenters. The summed E-state index contributed by atoms with van der Waals surface area (Å²) in [7, 11) is 0. The van der Waals surface area contributed by atoms with Crippen LogP contribution in [0.3, 0.4) is 0 Å². The van der Waals surface area contributed by atoms with E-state index < -0.39 is 0 Å². The maximum atomic E-state index is 12.1. The van der Waals surface area contributed by atoms with Crippen molar-refractivity contribution in [2.45, 2.75) is 25.3 Å². The van der Waals surface area contributed by atoms with Crippen LogP contribution >= 0.6 is 12.4 Å². The molecule has 2 aromatic rings. The van der Waals surface area contributed by atoms with Gasteiger partial charge in [0.25, 0.3) is 0 Å². The van der Waals surface area contributed by atoms with E-state index in [0.717, 1.165) is 35.7 Å². The van der Waals surface area contributed by atoms with Crippen molar-refractivity contribution in [2.24, 2.45) is 0 Å². The fraction of sp³-hybridized carbons (Fsp3) is 0.368. The average molecular weight is 362 g/mol. The lowest BCUT2D eigenvalue weighted by Gasteiger charge is -2.12. The zero-order chi connectivity index (χ0) is 16.8. The van der Waals surface area contributed by atoms with E-state index in [1.54, 1.807) is 0 Å². The van der Waals surface area contributed by atoms with Gasteiger partial charge in [0.2, 0.25) is 11.8 Å². The van der Waals surface area contributed by atoms with Crippen LogP contribution in [0.15, 0.2) is 42.5 Å². The standard InChI is InChI=1S/C19H23N3O2.ClH/c23-18(22-13-19(24)21-12-16-8-4-10-20-16)11-15-7-3-6-14-5-1-2-9-17(14)15;/h1-3,5-7,9,16,20H,4,8,10-13H2,(H,21,24)(H,22,23);1H. The third-order valence-electron chi connectivity index (χ3n) is 4.39. The third-order valence-corrected chi connectivity index (χ3v) is 4.39. The lowest BCUT2D eigenvalue weighted by Crippen LogP contribution is -2.42. The highest BCUT2D eigenvalue weighted by molar-refractivity contribution is 5.91. The molecule has 25 heavy (non-hydrogen) atoms. The quantitative estimate of drug-likeness (QED) is 0.734. The molecule has 2 aromatic carbocycles. The Hall–Kier alpha value is -2.11. The van der Waals surface area contributed by atoms with Crippen LogP contribution in [0.1, 0.15) is 18.4 Å². The molecule has 0 saturated carbocycles. The van der Waals surface area contributed by atoms with E-state index in [0.29, 0.717) is 12.6 Å². The Bertz CT molecular complexity index is 724. The van der Waals surface area contributed by atoms with Crippen molar-refractivity contribution in [3.8, 4) is 0 Å².